The highest BCUT2D eigenvalue weighted by molar-refractivity contribution is 9.10. The number of hydrogen-bond acceptors (Lipinski definition) is 2. The van der Waals surface area contributed by atoms with Crippen LogP contribution in [-0.4, -0.2) is 19.7 Å². The summed E-state index contributed by atoms with van der Waals surface area (Å²) in [5.41, 5.74) is 1.22. The molecule has 0 radical (unpaired) electrons. The second-order valence-electron chi connectivity index (χ2n) is 3.78. The van der Waals surface area contributed by atoms with Gasteiger partial charge < -0.3 is 10.1 Å². The quantitative estimate of drug-likeness (QED) is 0.740. The standard InChI is InChI=1S/C13H20BrNO/c1-2-3-8-15-9-10-16-11-12-4-6-13(14)7-5-12/h4-7,15H,2-3,8-11H2,1H3. The molecule has 0 fully saturated rings. The van der Waals surface area contributed by atoms with Crippen molar-refractivity contribution < 1.29 is 4.74 Å². The average molecular weight is 286 g/mol. The minimum Gasteiger partial charge on any atom is -0.375 e. The summed E-state index contributed by atoms with van der Waals surface area (Å²) >= 11 is 3.41. The highest BCUT2D eigenvalue weighted by Crippen LogP contribution is 2.10. The first kappa shape index (κ1) is 13.7. The van der Waals surface area contributed by atoms with E-state index in [0.717, 1.165) is 24.2 Å². The highest BCUT2D eigenvalue weighted by atomic mass is 79.9. The fourth-order valence-corrected chi connectivity index (χ4v) is 1.61. The Balaban J connectivity index is 2.01. The largest absolute Gasteiger partial charge is 0.375 e. The van der Waals surface area contributed by atoms with Crippen LogP contribution in [0.3, 0.4) is 0 Å². The van der Waals surface area contributed by atoms with Gasteiger partial charge in [0.05, 0.1) is 13.2 Å². The first-order chi connectivity index (χ1) is 7.83. The smallest absolute Gasteiger partial charge is 0.0717 e. The Labute approximate surface area is 107 Å². The van der Waals surface area contributed by atoms with Gasteiger partial charge in [0, 0.05) is 11.0 Å². The molecule has 90 valence electrons. The second kappa shape index (κ2) is 8.74. The van der Waals surface area contributed by atoms with Gasteiger partial charge in [-0.05, 0) is 30.7 Å². The van der Waals surface area contributed by atoms with E-state index in [1.54, 1.807) is 0 Å². The zero-order valence-corrected chi connectivity index (χ0v) is 11.4. The van der Waals surface area contributed by atoms with Gasteiger partial charge in [0.1, 0.15) is 0 Å². The molecule has 0 saturated heterocycles. The van der Waals surface area contributed by atoms with E-state index >= 15 is 0 Å². The Morgan fingerprint density at radius 2 is 1.94 bits per heavy atom. The first-order valence-corrected chi connectivity index (χ1v) is 6.65. The molecule has 1 aromatic rings. The third-order valence-electron chi connectivity index (χ3n) is 2.31. The summed E-state index contributed by atoms with van der Waals surface area (Å²) in [6, 6.07) is 8.24. The highest BCUT2D eigenvalue weighted by Gasteiger charge is 1.93. The predicted molar refractivity (Wildman–Crippen MR) is 71.6 cm³/mol. The average Bonchev–Trinajstić information content (AvgIpc) is 2.30. The first-order valence-electron chi connectivity index (χ1n) is 5.86. The van der Waals surface area contributed by atoms with Crippen LogP contribution in [0.25, 0.3) is 0 Å². The summed E-state index contributed by atoms with van der Waals surface area (Å²) in [5.74, 6) is 0. The lowest BCUT2D eigenvalue weighted by Gasteiger charge is -2.05. The fourth-order valence-electron chi connectivity index (χ4n) is 1.34. The number of unbranched alkanes of at least 4 members (excludes halogenated alkanes) is 1. The van der Waals surface area contributed by atoms with Crippen molar-refractivity contribution in [1.29, 1.82) is 0 Å². The minimum atomic E-state index is 0.697. The maximum Gasteiger partial charge on any atom is 0.0717 e. The Morgan fingerprint density at radius 1 is 1.19 bits per heavy atom. The maximum atomic E-state index is 5.56. The molecule has 0 saturated carbocycles. The summed E-state index contributed by atoms with van der Waals surface area (Å²) in [5, 5.41) is 3.35. The van der Waals surface area contributed by atoms with E-state index in [4.69, 9.17) is 4.74 Å². The summed E-state index contributed by atoms with van der Waals surface area (Å²) < 4.78 is 6.67. The SMILES string of the molecule is CCCCNCCOCc1ccc(Br)cc1. The van der Waals surface area contributed by atoms with Crippen molar-refractivity contribution in [1.82, 2.24) is 5.32 Å². The molecule has 0 atom stereocenters. The zero-order chi connectivity index (χ0) is 11.6. The summed E-state index contributed by atoms with van der Waals surface area (Å²) in [4.78, 5) is 0. The van der Waals surface area contributed by atoms with Crippen molar-refractivity contribution in [3.8, 4) is 0 Å². The molecule has 0 unspecified atom stereocenters. The molecule has 0 amide bonds. The summed E-state index contributed by atoms with van der Waals surface area (Å²) in [6.45, 7) is 5.71. The predicted octanol–water partition coefficient (Wildman–Crippen LogP) is 3.36. The lowest BCUT2D eigenvalue weighted by atomic mass is 10.2. The van der Waals surface area contributed by atoms with Crippen LogP contribution < -0.4 is 5.32 Å². The van der Waals surface area contributed by atoms with Gasteiger partial charge in [0.15, 0.2) is 0 Å². The lowest BCUT2D eigenvalue weighted by Crippen LogP contribution is -2.20. The lowest BCUT2D eigenvalue weighted by molar-refractivity contribution is 0.123. The number of ether oxygens (including phenoxy) is 1. The molecule has 0 spiro atoms. The van der Waals surface area contributed by atoms with Crippen LogP contribution in [0.15, 0.2) is 28.7 Å². The van der Waals surface area contributed by atoms with Gasteiger partial charge in [-0.2, -0.15) is 0 Å². The van der Waals surface area contributed by atoms with Gasteiger partial charge in [0.2, 0.25) is 0 Å². The van der Waals surface area contributed by atoms with Crippen molar-refractivity contribution >= 4 is 15.9 Å². The van der Waals surface area contributed by atoms with Gasteiger partial charge in [-0.3, -0.25) is 0 Å². The molecule has 0 heterocycles. The number of benzene rings is 1. The number of rotatable bonds is 8. The topological polar surface area (TPSA) is 21.3 Å². The van der Waals surface area contributed by atoms with Gasteiger partial charge >= 0.3 is 0 Å². The normalized spacial score (nSPS) is 10.6. The third-order valence-corrected chi connectivity index (χ3v) is 2.84. The molecular weight excluding hydrogens is 266 g/mol. The van der Waals surface area contributed by atoms with Crippen LogP contribution in [-0.2, 0) is 11.3 Å². The molecule has 0 bridgehead atoms. The van der Waals surface area contributed by atoms with Crippen molar-refractivity contribution in [2.24, 2.45) is 0 Å². The van der Waals surface area contributed by atoms with Crippen LogP contribution in [0.4, 0.5) is 0 Å². The third kappa shape index (κ3) is 6.26. The summed E-state index contributed by atoms with van der Waals surface area (Å²) in [6.07, 6.45) is 2.49. The molecule has 2 nitrogen and oxygen atoms in total. The maximum absolute atomic E-state index is 5.56. The molecule has 1 rings (SSSR count). The van der Waals surface area contributed by atoms with Crippen LogP contribution >= 0.6 is 15.9 Å². The van der Waals surface area contributed by atoms with Crippen molar-refractivity contribution in [2.75, 3.05) is 19.7 Å². The molecule has 3 heteroatoms. The van der Waals surface area contributed by atoms with Gasteiger partial charge in [-0.25, -0.2) is 0 Å². The minimum absolute atomic E-state index is 0.697. The molecule has 0 aliphatic carbocycles. The Hall–Kier alpha value is -0.380. The van der Waals surface area contributed by atoms with E-state index in [1.165, 1.54) is 18.4 Å². The van der Waals surface area contributed by atoms with E-state index in [9.17, 15) is 0 Å². The monoisotopic (exact) mass is 285 g/mol. The van der Waals surface area contributed by atoms with Crippen molar-refractivity contribution in [3.63, 3.8) is 0 Å². The van der Waals surface area contributed by atoms with E-state index in [1.807, 2.05) is 12.1 Å². The molecule has 1 aromatic carbocycles. The van der Waals surface area contributed by atoms with Crippen LogP contribution in [0.2, 0.25) is 0 Å². The molecule has 0 aliphatic rings. The fraction of sp³-hybridized carbons (Fsp3) is 0.538. The van der Waals surface area contributed by atoms with Crippen molar-refractivity contribution in [2.45, 2.75) is 26.4 Å². The van der Waals surface area contributed by atoms with E-state index in [2.05, 4.69) is 40.3 Å². The van der Waals surface area contributed by atoms with Crippen LogP contribution in [0.5, 0.6) is 0 Å². The Morgan fingerprint density at radius 3 is 2.62 bits per heavy atom. The van der Waals surface area contributed by atoms with Crippen molar-refractivity contribution in [3.05, 3.63) is 34.3 Å². The molecule has 0 aromatic heterocycles. The van der Waals surface area contributed by atoms with Crippen LogP contribution in [0, 0.1) is 0 Å². The van der Waals surface area contributed by atoms with E-state index < -0.39 is 0 Å². The van der Waals surface area contributed by atoms with Crippen LogP contribution in [0.1, 0.15) is 25.3 Å². The molecule has 16 heavy (non-hydrogen) atoms. The number of nitrogens with one attached hydrogen (secondary N) is 1. The Bertz CT molecular complexity index is 274. The number of hydrogen-bond donors (Lipinski definition) is 1. The van der Waals surface area contributed by atoms with E-state index in [-0.39, 0.29) is 0 Å². The Kier molecular flexibility index (Phi) is 7.47. The van der Waals surface area contributed by atoms with Gasteiger partial charge in [-0.1, -0.05) is 41.4 Å². The molecular formula is C13H20BrNO. The van der Waals surface area contributed by atoms with Gasteiger partial charge in [0.25, 0.3) is 0 Å². The zero-order valence-electron chi connectivity index (χ0n) is 9.84. The molecule has 0 aliphatic heterocycles. The summed E-state index contributed by atoms with van der Waals surface area (Å²) in [7, 11) is 0. The number of halogens is 1. The molecule has 1 N–H and O–H groups in total. The van der Waals surface area contributed by atoms with E-state index in [0.29, 0.717) is 6.61 Å². The second-order valence-corrected chi connectivity index (χ2v) is 4.70. The van der Waals surface area contributed by atoms with Gasteiger partial charge in [-0.15, -0.1) is 0 Å².